The van der Waals surface area contributed by atoms with Gasteiger partial charge in [0.2, 0.25) is 0 Å². The molecule has 0 rings (SSSR count). The minimum Gasteiger partial charge on any atom is -0.247 e. The Labute approximate surface area is 76.6 Å². The zero-order valence-corrected chi connectivity index (χ0v) is 8.94. The summed E-state index contributed by atoms with van der Waals surface area (Å²) in [7, 11) is 0. The predicted molar refractivity (Wildman–Crippen MR) is 53.0 cm³/mol. The summed E-state index contributed by atoms with van der Waals surface area (Å²) in [5, 5.41) is 0. The third-order valence-electron chi connectivity index (χ3n) is 2.74. The van der Waals surface area contributed by atoms with E-state index in [1.165, 1.54) is 6.42 Å². The third kappa shape index (κ3) is 4.08. The Balaban J connectivity index is 3.67. The van der Waals surface area contributed by atoms with Crippen LogP contribution in [0.1, 0.15) is 53.4 Å². The lowest BCUT2D eigenvalue weighted by Crippen LogP contribution is -2.20. The first-order valence-electron chi connectivity index (χ1n) is 5.27. The fraction of sp³-hybridized carbons (Fsp3) is 1.00. The van der Waals surface area contributed by atoms with E-state index in [1.54, 1.807) is 0 Å². The maximum atomic E-state index is 13.5. The lowest BCUT2D eigenvalue weighted by atomic mass is 9.89. The van der Waals surface area contributed by atoms with Crippen molar-refractivity contribution in [1.29, 1.82) is 0 Å². The molecule has 0 aliphatic carbocycles. The van der Waals surface area contributed by atoms with Gasteiger partial charge in [-0.05, 0) is 18.3 Å². The van der Waals surface area contributed by atoms with Gasteiger partial charge in [0.25, 0.3) is 0 Å². The molecule has 0 aromatic heterocycles. The molecule has 0 saturated heterocycles. The first-order chi connectivity index (χ1) is 5.63. The molecule has 3 unspecified atom stereocenters. The van der Waals surface area contributed by atoms with E-state index in [0.29, 0.717) is 0 Å². The monoisotopic (exact) mass is 174 g/mol. The summed E-state index contributed by atoms with van der Waals surface area (Å²) in [6.45, 7) is 8.26. The molecule has 0 aliphatic heterocycles. The Morgan fingerprint density at radius 2 is 1.67 bits per heavy atom. The predicted octanol–water partition coefficient (Wildman–Crippen LogP) is 4.20. The van der Waals surface area contributed by atoms with Crippen LogP contribution in [0.5, 0.6) is 0 Å². The molecule has 1 heteroatoms. The standard InChI is InChI=1S/C11H23F/c1-5-7-8-10(4)11(12)9(3)6-2/h9-11H,5-8H2,1-4H3. The summed E-state index contributed by atoms with van der Waals surface area (Å²) < 4.78 is 13.5. The van der Waals surface area contributed by atoms with Crippen molar-refractivity contribution in [1.82, 2.24) is 0 Å². The van der Waals surface area contributed by atoms with E-state index in [4.69, 9.17) is 0 Å². The van der Waals surface area contributed by atoms with Gasteiger partial charge in [0, 0.05) is 0 Å². The van der Waals surface area contributed by atoms with Gasteiger partial charge in [-0.15, -0.1) is 0 Å². The van der Waals surface area contributed by atoms with Gasteiger partial charge in [0.1, 0.15) is 6.17 Å². The van der Waals surface area contributed by atoms with E-state index in [1.807, 2.05) is 13.8 Å². The Morgan fingerprint density at radius 3 is 2.08 bits per heavy atom. The maximum absolute atomic E-state index is 13.5. The van der Waals surface area contributed by atoms with Crippen molar-refractivity contribution >= 4 is 0 Å². The molecule has 3 atom stereocenters. The lowest BCUT2D eigenvalue weighted by molar-refractivity contribution is 0.157. The van der Waals surface area contributed by atoms with Crippen molar-refractivity contribution in [2.24, 2.45) is 11.8 Å². The number of hydrogen-bond acceptors (Lipinski definition) is 0. The highest BCUT2D eigenvalue weighted by molar-refractivity contribution is 4.70. The van der Waals surface area contributed by atoms with Gasteiger partial charge >= 0.3 is 0 Å². The average molecular weight is 174 g/mol. The SMILES string of the molecule is CCCCC(C)C(F)C(C)CC. The molecule has 0 aliphatic rings. The van der Waals surface area contributed by atoms with Crippen LogP contribution in [0.3, 0.4) is 0 Å². The van der Waals surface area contributed by atoms with Crippen molar-refractivity contribution in [2.75, 3.05) is 0 Å². The van der Waals surface area contributed by atoms with Crippen LogP contribution < -0.4 is 0 Å². The first-order valence-corrected chi connectivity index (χ1v) is 5.27. The summed E-state index contributed by atoms with van der Waals surface area (Å²) >= 11 is 0. The van der Waals surface area contributed by atoms with Crippen molar-refractivity contribution in [3.63, 3.8) is 0 Å². The summed E-state index contributed by atoms with van der Waals surface area (Å²) in [5.41, 5.74) is 0. The molecular weight excluding hydrogens is 151 g/mol. The van der Waals surface area contributed by atoms with E-state index in [0.717, 1.165) is 19.3 Å². The molecule has 0 aromatic carbocycles. The van der Waals surface area contributed by atoms with Gasteiger partial charge in [0.15, 0.2) is 0 Å². The van der Waals surface area contributed by atoms with Crippen molar-refractivity contribution < 1.29 is 4.39 Å². The average Bonchev–Trinajstić information content (AvgIpc) is 2.11. The molecule has 0 fully saturated rings. The molecule has 0 spiro atoms. The Morgan fingerprint density at radius 1 is 1.08 bits per heavy atom. The number of hydrogen-bond donors (Lipinski definition) is 0. The van der Waals surface area contributed by atoms with Crippen LogP contribution in [-0.4, -0.2) is 6.17 Å². The van der Waals surface area contributed by atoms with E-state index < -0.39 is 6.17 Å². The maximum Gasteiger partial charge on any atom is 0.105 e. The quantitative estimate of drug-likeness (QED) is 0.566. The lowest BCUT2D eigenvalue weighted by Gasteiger charge is -2.21. The number of alkyl halides is 1. The highest BCUT2D eigenvalue weighted by Crippen LogP contribution is 2.23. The summed E-state index contributed by atoms with van der Waals surface area (Å²) in [6, 6.07) is 0. The normalized spacial score (nSPS) is 18.8. The Bertz CT molecular complexity index is 101. The van der Waals surface area contributed by atoms with Crippen LogP contribution in [0.2, 0.25) is 0 Å². The van der Waals surface area contributed by atoms with Gasteiger partial charge in [-0.25, -0.2) is 4.39 Å². The molecule has 0 aromatic rings. The fourth-order valence-corrected chi connectivity index (χ4v) is 1.47. The van der Waals surface area contributed by atoms with Gasteiger partial charge in [-0.2, -0.15) is 0 Å². The van der Waals surface area contributed by atoms with Crippen LogP contribution in [-0.2, 0) is 0 Å². The molecular formula is C11H23F. The Kier molecular flexibility index (Phi) is 6.41. The summed E-state index contributed by atoms with van der Waals surface area (Å²) in [5.74, 6) is 0.483. The first kappa shape index (κ1) is 11.9. The molecule has 0 N–H and O–H groups in total. The van der Waals surface area contributed by atoms with Crippen LogP contribution in [0.25, 0.3) is 0 Å². The van der Waals surface area contributed by atoms with Crippen LogP contribution in [0.4, 0.5) is 4.39 Å². The molecule has 0 saturated carbocycles. The molecule has 0 bridgehead atoms. The second kappa shape index (κ2) is 6.45. The number of rotatable bonds is 6. The third-order valence-corrected chi connectivity index (χ3v) is 2.74. The molecule has 12 heavy (non-hydrogen) atoms. The molecule has 0 heterocycles. The number of halogens is 1. The highest BCUT2D eigenvalue weighted by Gasteiger charge is 2.20. The second-order valence-corrected chi connectivity index (χ2v) is 3.95. The van der Waals surface area contributed by atoms with E-state index in [-0.39, 0.29) is 11.8 Å². The largest absolute Gasteiger partial charge is 0.247 e. The zero-order chi connectivity index (χ0) is 9.56. The molecule has 0 amide bonds. The topological polar surface area (TPSA) is 0 Å². The van der Waals surface area contributed by atoms with Gasteiger partial charge in [-0.3, -0.25) is 0 Å². The van der Waals surface area contributed by atoms with Crippen molar-refractivity contribution in [2.45, 2.75) is 59.5 Å². The molecule has 0 radical (unpaired) electrons. The van der Waals surface area contributed by atoms with E-state index in [2.05, 4.69) is 13.8 Å². The molecule has 74 valence electrons. The smallest absolute Gasteiger partial charge is 0.105 e. The minimum atomic E-state index is -0.596. The zero-order valence-electron chi connectivity index (χ0n) is 8.94. The van der Waals surface area contributed by atoms with Gasteiger partial charge in [0.05, 0.1) is 0 Å². The van der Waals surface area contributed by atoms with Gasteiger partial charge in [-0.1, -0.05) is 47.0 Å². The van der Waals surface area contributed by atoms with Crippen molar-refractivity contribution in [3.8, 4) is 0 Å². The van der Waals surface area contributed by atoms with E-state index in [9.17, 15) is 4.39 Å². The second-order valence-electron chi connectivity index (χ2n) is 3.95. The Hall–Kier alpha value is -0.0700. The van der Waals surface area contributed by atoms with Crippen LogP contribution >= 0.6 is 0 Å². The summed E-state index contributed by atoms with van der Waals surface area (Å²) in [4.78, 5) is 0. The summed E-state index contributed by atoms with van der Waals surface area (Å²) in [6.07, 6.45) is 3.75. The highest BCUT2D eigenvalue weighted by atomic mass is 19.1. The van der Waals surface area contributed by atoms with E-state index >= 15 is 0 Å². The number of unbranched alkanes of at least 4 members (excludes halogenated alkanes) is 1. The fourth-order valence-electron chi connectivity index (χ4n) is 1.47. The molecule has 0 nitrogen and oxygen atoms in total. The van der Waals surface area contributed by atoms with Crippen LogP contribution in [0.15, 0.2) is 0 Å². The minimum absolute atomic E-state index is 0.233. The van der Waals surface area contributed by atoms with Crippen LogP contribution in [0, 0.1) is 11.8 Å². The van der Waals surface area contributed by atoms with Crippen molar-refractivity contribution in [3.05, 3.63) is 0 Å². The van der Waals surface area contributed by atoms with Gasteiger partial charge < -0.3 is 0 Å².